The van der Waals surface area contributed by atoms with Gasteiger partial charge in [-0.05, 0) is 52.7 Å². The molecule has 0 radical (unpaired) electrons. The Balaban J connectivity index is 3.37. The SMILES string of the molecule is CCCNCCCCCCN(CCOC)C(C)C. The molecule has 0 atom stereocenters. The van der Waals surface area contributed by atoms with Crippen LogP contribution in [0.5, 0.6) is 0 Å². The number of unbranched alkanes of at least 4 members (excludes halogenated alkanes) is 3. The number of hydrogen-bond acceptors (Lipinski definition) is 3. The summed E-state index contributed by atoms with van der Waals surface area (Å²) < 4.78 is 5.15. The average Bonchev–Trinajstić information content (AvgIpc) is 2.35. The zero-order valence-corrected chi connectivity index (χ0v) is 13.0. The monoisotopic (exact) mass is 258 g/mol. The Morgan fingerprint density at radius 2 is 1.72 bits per heavy atom. The molecule has 0 aliphatic rings. The Morgan fingerprint density at radius 3 is 2.33 bits per heavy atom. The standard InChI is InChI=1S/C15H34N2O/c1-5-10-16-11-8-6-7-9-12-17(15(2)3)13-14-18-4/h15-16H,5-14H2,1-4H3. The van der Waals surface area contributed by atoms with Gasteiger partial charge < -0.3 is 10.1 Å². The summed E-state index contributed by atoms with van der Waals surface area (Å²) in [6.07, 6.45) is 6.58. The molecule has 0 aromatic rings. The molecule has 1 N–H and O–H groups in total. The molecule has 3 heteroatoms. The molecule has 18 heavy (non-hydrogen) atoms. The number of nitrogens with zero attached hydrogens (tertiary/aromatic N) is 1. The van der Waals surface area contributed by atoms with Crippen molar-refractivity contribution < 1.29 is 4.74 Å². The molecule has 0 saturated heterocycles. The summed E-state index contributed by atoms with van der Waals surface area (Å²) in [4.78, 5) is 2.51. The second kappa shape index (κ2) is 13.3. The highest BCUT2D eigenvalue weighted by molar-refractivity contribution is 4.62. The molecule has 0 aromatic carbocycles. The third-order valence-corrected chi connectivity index (χ3v) is 3.29. The minimum Gasteiger partial charge on any atom is -0.383 e. The fourth-order valence-corrected chi connectivity index (χ4v) is 2.06. The van der Waals surface area contributed by atoms with Crippen molar-refractivity contribution in [2.45, 2.75) is 58.9 Å². The highest BCUT2D eigenvalue weighted by Gasteiger charge is 2.07. The summed E-state index contributed by atoms with van der Waals surface area (Å²) in [5.41, 5.74) is 0. The Morgan fingerprint density at radius 1 is 1.00 bits per heavy atom. The fraction of sp³-hybridized carbons (Fsp3) is 1.00. The Labute approximate surface area is 114 Å². The topological polar surface area (TPSA) is 24.5 Å². The van der Waals surface area contributed by atoms with Crippen LogP contribution in [0.15, 0.2) is 0 Å². The van der Waals surface area contributed by atoms with Gasteiger partial charge in [-0.15, -0.1) is 0 Å². The van der Waals surface area contributed by atoms with Gasteiger partial charge in [0.2, 0.25) is 0 Å². The predicted octanol–water partition coefficient (Wildman–Crippen LogP) is 2.90. The van der Waals surface area contributed by atoms with Crippen LogP contribution in [0, 0.1) is 0 Å². The Bertz CT molecular complexity index is 163. The van der Waals surface area contributed by atoms with Crippen LogP contribution >= 0.6 is 0 Å². The van der Waals surface area contributed by atoms with Crippen LogP contribution in [0.3, 0.4) is 0 Å². The first kappa shape index (κ1) is 17.9. The quantitative estimate of drug-likeness (QED) is 0.514. The lowest BCUT2D eigenvalue weighted by Gasteiger charge is -2.26. The molecule has 0 aromatic heterocycles. The van der Waals surface area contributed by atoms with E-state index in [9.17, 15) is 0 Å². The van der Waals surface area contributed by atoms with Crippen molar-refractivity contribution in [3.05, 3.63) is 0 Å². The minimum absolute atomic E-state index is 0.631. The van der Waals surface area contributed by atoms with Crippen LogP contribution < -0.4 is 5.32 Å². The van der Waals surface area contributed by atoms with Crippen molar-refractivity contribution in [3.63, 3.8) is 0 Å². The van der Waals surface area contributed by atoms with Crippen molar-refractivity contribution in [1.29, 1.82) is 0 Å². The van der Waals surface area contributed by atoms with E-state index in [1.807, 2.05) is 0 Å². The number of ether oxygens (including phenoxy) is 1. The summed E-state index contributed by atoms with van der Waals surface area (Å²) >= 11 is 0. The smallest absolute Gasteiger partial charge is 0.0589 e. The maximum absolute atomic E-state index is 5.15. The van der Waals surface area contributed by atoms with Gasteiger partial charge in [-0.25, -0.2) is 0 Å². The zero-order chi connectivity index (χ0) is 13.6. The third kappa shape index (κ3) is 11.0. The molecule has 0 amide bonds. The molecule has 0 saturated carbocycles. The Kier molecular flexibility index (Phi) is 13.2. The lowest BCUT2D eigenvalue weighted by atomic mass is 10.1. The minimum atomic E-state index is 0.631. The van der Waals surface area contributed by atoms with E-state index in [1.165, 1.54) is 45.2 Å². The molecule has 0 spiro atoms. The van der Waals surface area contributed by atoms with Gasteiger partial charge in [-0.3, -0.25) is 4.90 Å². The molecule has 0 heterocycles. The van der Waals surface area contributed by atoms with E-state index in [2.05, 4.69) is 31.0 Å². The highest BCUT2D eigenvalue weighted by atomic mass is 16.5. The van der Waals surface area contributed by atoms with E-state index in [0.29, 0.717) is 6.04 Å². The van der Waals surface area contributed by atoms with E-state index < -0.39 is 0 Å². The molecule has 0 unspecified atom stereocenters. The van der Waals surface area contributed by atoms with Gasteiger partial charge >= 0.3 is 0 Å². The van der Waals surface area contributed by atoms with E-state index in [-0.39, 0.29) is 0 Å². The highest BCUT2D eigenvalue weighted by Crippen LogP contribution is 2.04. The molecule has 0 aliphatic heterocycles. The largest absolute Gasteiger partial charge is 0.383 e. The second-order valence-corrected chi connectivity index (χ2v) is 5.29. The van der Waals surface area contributed by atoms with Crippen molar-refractivity contribution in [3.8, 4) is 0 Å². The maximum Gasteiger partial charge on any atom is 0.0589 e. The predicted molar refractivity (Wildman–Crippen MR) is 80.2 cm³/mol. The van der Waals surface area contributed by atoms with E-state index in [1.54, 1.807) is 7.11 Å². The van der Waals surface area contributed by atoms with Crippen molar-refractivity contribution in [2.24, 2.45) is 0 Å². The third-order valence-electron chi connectivity index (χ3n) is 3.29. The first-order valence-corrected chi connectivity index (χ1v) is 7.66. The normalized spacial score (nSPS) is 11.7. The van der Waals surface area contributed by atoms with Crippen molar-refractivity contribution in [2.75, 3.05) is 39.9 Å². The summed E-state index contributed by atoms with van der Waals surface area (Å²) in [7, 11) is 1.78. The maximum atomic E-state index is 5.15. The van der Waals surface area contributed by atoms with Gasteiger partial charge in [0.05, 0.1) is 6.61 Å². The number of nitrogens with one attached hydrogen (secondary N) is 1. The number of hydrogen-bond donors (Lipinski definition) is 1. The molecule has 0 rings (SSSR count). The van der Waals surface area contributed by atoms with Crippen LogP contribution in [0.2, 0.25) is 0 Å². The Hall–Kier alpha value is -0.120. The number of rotatable bonds is 13. The average molecular weight is 258 g/mol. The van der Waals surface area contributed by atoms with Gasteiger partial charge in [0.15, 0.2) is 0 Å². The lowest BCUT2D eigenvalue weighted by molar-refractivity contribution is 0.128. The molecule has 0 aliphatic carbocycles. The van der Waals surface area contributed by atoms with E-state index in [0.717, 1.165) is 19.7 Å². The fourth-order valence-electron chi connectivity index (χ4n) is 2.06. The molecular formula is C15H34N2O. The molecule has 0 fully saturated rings. The van der Waals surface area contributed by atoms with E-state index in [4.69, 9.17) is 4.74 Å². The zero-order valence-electron chi connectivity index (χ0n) is 13.0. The van der Waals surface area contributed by atoms with Gasteiger partial charge in [-0.2, -0.15) is 0 Å². The van der Waals surface area contributed by atoms with Crippen LogP contribution in [-0.4, -0.2) is 50.8 Å². The van der Waals surface area contributed by atoms with Crippen LogP contribution in [0.1, 0.15) is 52.9 Å². The van der Waals surface area contributed by atoms with Gasteiger partial charge in [0, 0.05) is 19.7 Å². The van der Waals surface area contributed by atoms with Gasteiger partial charge in [0.1, 0.15) is 0 Å². The molecule has 3 nitrogen and oxygen atoms in total. The lowest BCUT2D eigenvalue weighted by Crippen LogP contribution is -2.34. The second-order valence-electron chi connectivity index (χ2n) is 5.29. The summed E-state index contributed by atoms with van der Waals surface area (Å²) in [6, 6.07) is 0.631. The molecule has 110 valence electrons. The van der Waals surface area contributed by atoms with Crippen LogP contribution in [-0.2, 0) is 4.74 Å². The summed E-state index contributed by atoms with van der Waals surface area (Å²) in [6.45, 7) is 12.2. The van der Waals surface area contributed by atoms with Crippen molar-refractivity contribution >= 4 is 0 Å². The summed E-state index contributed by atoms with van der Waals surface area (Å²) in [5.74, 6) is 0. The molecule has 0 bridgehead atoms. The number of methoxy groups -OCH3 is 1. The first-order chi connectivity index (χ1) is 8.72. The summed E-state index contributed by atoms with van der Waals surface area (Å²) in [5, 5.41) is 3.45. The van der Waals surface area contributed by atoms with Crippen LogP contribution in [0.25, 0.3) is 0 Å². The van der Waals surface area contributed by atoms with Crippen LogP contribution in [0.4, 0.5) is 0 Å². The van der Waals surface area contributed by atoms with Crippen molar-refractivity contribution in [1.82, 2.24) is 10.2 Å². The van der Waals surface area contributed by atoms with Gasteiger partial charge in [-0.1, -0.05) is 19.8 Å². The first-order valence-electron chi connectivity index (χ1n) is 7.66. The van der Waals surface area contributed by atoms with E-state index >= 15 is 0 Å². The van der Waals surface area contributed by atoms with Gasteiger partial charge in [0.25, 0.3) is 0 Å². The molecular weight excluding hydrogens is 224 g/mol.